The first-order valence-electron chi connectivity index (χ1n) is 10.3. The molecule has 0 aromatic carbocycles. The highest BCUT2D eigenvalue weighted by molar-refractivity contribution is 5.82. The van der Waals surface area contributed by atoms with E-state index in [1.165, 1.54) is 0 Å². The molecule has 3 aliphatic rings. The molecule has 2 amide bonds. The van der Waals surface area contributed by atoms with E-state index in [-0.39, 0.29) is 48.4 Å². The second-order valence-corrected chi connectivity index (χ2v) is 8.01. The average Bonchev–Trinajstić information content (AvgIpc) is 3.45. The van der Waals surface area contributed by atoms with E-state index in [0.29, 0.717) is 43.8 Å². The fourth-order valence-corrected chi connectivity index (χ4v) is 4.10. The molecule has 1 aromatic rings. The van der Waals surface area contributed by atoms with Gasteiger partial charge in [-0.1, -0.05) is 0 Å². The number of aryl methyl sites for hydroxylation is 1. The number of nitrogens with one attached hydrogen (secondary N) is 1. The van der Waals surface area contributed by atoms with Crippen molar-refractivity contribution in [2.45, 2.75) is 44.7 Å². The van der Waals surface area contributed by atoms with E-state index in [0.717, 1.165) is 12.8 Å². The molecule has 2 fully saturated rings. The molecule has 1 N–H and O–H groups in total. The Morgan fingerprint density at radius 2 is 1.73 bits per heavy atom. The minimum atomic E-state index is -4.74. The minimum absolute atomic E-state index is 0.0109. The van der Waals surface area contributed by atoms with Gasteiger partial charge in [0, 0.05) is 45.1 Å². The molecule has 30 heavy (non-hydrogen) atoms. The van der Waals surface area contributed by atoms with E-state index in [9.17, 15) is 27.6 Å². The fraction of sp³-hybridized carbons (Fsp3) is 0.684. The van der Waals surface area contributed by atoms with Crippen LogP contribution in [0.4, 0.5) is 13.2 Å². The van der Waals surface area contributed by atoms with Crippen LogP contribution in [-0.4, -0.2) is 64.2 Å². The molecule has 0 radical (unpaired) electrons. The molecule has 1 aromatic heterocycles. The Hall–Kier alpha value is -2.59. The zero-order chi connectivity index (χ0) is 21.5. The molecular weight excluding hydrogens is 403 g/mol. The van der Waals surface area contributed by atoms with Gasteiger partial charge in [0.15, 0.2) is 0 Å². The lowest BCUT2D eigenvalue weighted by Crippen LogP contribution is -2.51. The summed E-state index contributed by atoms with van der Waals surface area (Å²) in [5.41, 5.74) is 0.418. The summed E-state index contributed by atoms with van der Waals surface area (Å²) in [5, 5.41) is 4.01. The predicted octanol–water partition coefficient (Wildman–Crippen LogP) is 0.765. The maximum atomic E-state index is 13.4. The maximum absolute atomic E-state index is 13.4. The van der Waals surface area contributed by atoms with Gasteiger partial charge in [-0.05, 0) is 37.7 Å². The first-order valence-corrected chi connectivity index (χ1v) is 10.3. The molecule has 0 spiro atoms. The van der Waals surface area contributed by atoms with E-state index in [1.54, 1.807) is 9.80 Å². The molecule has 1 aliphatic heterocycles. The van der Waals surface area contributed by atoms with Gasteiger partial charge in [0.1, 0.15) is 5.56 Å². The molecule has 8 nitrogen and oxygen atoms in total. The summed E-state index contributed by atoms with van der Waals surface area (Å²) < 4.78 is 40.1. The van der Waals surface area contributed by atoms with Gasteiger partial charge in [-0.15, -0.1) is 4.79 Å². The molecule has 0 bridgehead atoms. The van der Waals surface area contributed by atoms with Crippen molar-refractivity contribution >= 4 is 11.8 Å². The molecule has 4 rings (SSSR count). The standard InChI is InChI=1S/C19H24F3N5O3/c20-19(21,22)16-13-2-1-3-14(13)24-27(18(16)30)23-7-6-15(28)25-8-10-26(11-9-25)17(29)12-4-5-12/h12,23H,1-11H2. The molecule has 0 atom stereocenters. The second-order valence-electron chi connectivity index (χ2n) is 8.01. The van der Waals surface area contributed by atoms with Crippen molar-refractivity contribution in [1.29, 1.82) is 0 Å². The number of amides is 2. The molecule has 1 saturated heterocycles. The van der Waals surface area contributed by atoms with Gasteiger partial charge in [-0.3, -0.25) is 14.4 Å². The van der Waals surface area contributed by atoms with Crippen molar-refractivity contribution in [3.8, 4) is 0 Å². The fourth-order valence-electron chi connectivity index (χ4n) is 4.10. The second kappa shape index (κ2) is 7.92. The third-order valence-corrected chi connectivity index (χ3v) is 5.87. The summed E-state index contributed by atoms with van der Waals surface area (Å²) in [6.45, 7) is 1.85. The number of halogens is 3. The lowest BCUT2D eigenvalue weighted by atomic mass is 10.1. The Kier molecular flexibility index (Phi) is 5.46. The molecule has 2 aliphatic carbocycles. The van der Waals surface area contributed by atoms with Gasteiger partial charge < -0.3 is 15.2 Å². The van der Waals surface area contributed by atoms with Crippen LogP contribution < -0.4 is 11.0 Å². The number of rotatable bonds is 5. The van der Waals surface area contributed by atoms with Gasteiger partial charge in [0.2, 0.25) is 11.8 Å². The van der Waals surface area contributed by atoms with Crippen LogP contribution in [0.15, 0.2) is 4.79 Å². The van der Waals surface area contributed by atoms with E-state index in [1.807, 2.05) is 0 Å². The Morgan fingerprint density at radius 3 is 2.37 bits per heavy atom. The van der Waals surface area contributed by atoms with Crippen LogP contribution in [0.25, 0.3) is 0 Å². The van der Waals surface area contributed by atoms with Crippen molar-refractivity contribution < 1.29 is 22.8 Å². The summed E-state index contributed by atoms with van der Waals surface area (Å²) >= 11 is 0. The van der Waals surface area contributed by atoms with Crippen molar-refractivity contribution in [3.05, 3.63) is 27.2 Å². The van der Waals surface area contributed by atoms with Crippen LogP contribution >= 0.6 is 0 Å². The Bertz CT molecular complexity index is 902. The van der Waals surface area contributed by atoms with Crippen LogP contribution in [-0.2, 0) is 28.6 Å². The summed E-state index contributed by atoms with van der Waals surface area (Å²) in [6.07, 6.45) is -1.73. The number of aromatic nitrogens is 2. The molecular formula is C19H24F3N5O3. The van der Waals surface area contributed by atoms with Crippen LogP contribution in [0.2, 0.25) is 0 Å². The minimum Gasteiger partial charge on any atom is -0.339 e. The Balaban J connectivity index is 1.33. The normalized spacial score (nSPS) is 19.0. The average molecular weight is 427 g/mol. The van der Waals surface area contributed by atoms with Gasteiger partial charge >= 0.3 is 6.18 Å². The lowest BCUT2D eigenvalue weighted by molar-refractivity contribution is -0.140. The number of hydrogen-bond donors (Lipinski definition) is 1. The molecule has 0 unspecified atom stereocenters. The summed E-state index contributed by atoms with van der Waals surface area (Å²) in [4.78, 5) is 40.8. The molecule has 164 valence electrons. The van der Waals surface area contributed by atoms with Crippen molar-refractivity contribution in [1.82, 2.24) is 19.7 Å². The van der Waals surface area contributed by atoms with Gasteiger partial charge in [0.05, 0.1) is 5.69 Å². The van der Waals surface area contributed by atoms with Gasteiger partial charge in [-0.2, -0.15) is 18.3 Å². The van der Waals surface area contributed by atoms with Crippen molar-refractivity contribution in [2.24, 2.45) is 5.92 Å². The highest BCUT2D eigenvalue weighted by Crippen LogP contribution is 2.33. The molecule has 2 heterocycles. The van der Waals surface area contributed by atoms with Crippen molar-refractivity contribution in [3.63, 3.8) is 0 Å². The number of carbonyl (C=O) groups excluding carboxylic acids is 2. The summed E-state index contributed by atoms with van der Waals surface area (Å²) in [5.74, 6) is 0.133. The van der Waals surface area contributed by atoms with Crippen molar-refractivity contribution in [2.75, 3.05) is 38.1 Å². The SMILES string of the molecule is O=C(CCNn1nc2c(c(C(F)(F)F)c1=O)CCC2)N1CCN(C(=O)C2CC2)CC1. The highest BCUT2D eigenvalue weighted by atomic mass is 19.4. The van der Waals surface area contributed by atoms with Crippen LogP contribution in [0.3, 0.4) is 0 Å². The van der Waals surface area contributed by atoms with E-state index in [2.05, 4.69) is 10.5 Å². The van der Waals surface area contributed by atoms with Crippen LogP contribution in [0, 0.1) is 5.92 Å². The smallest absolute Gasteiger partial charge is 0.339 e. The number of nitrogens with zero attached hydrogens (tertiary/aromatic N) is 4. The Labute approximate surface area is 171 Å². The maximum Gasteiger partial charge on any atom is 0.422 e. The first-order chi connectivity index (χ1) is 14.3. The lowest BCUT2D eigenvalue weighted by Gasteiger charge is -2.35. The largest absolute Gasteiger partial charge is 0.422 e. The third kappa shape index (κ3) is 4.15. The number of fused-ring (bicyclic) bond motifs is 1. The number of alkyl halides is 3. The summed E-state index contributed by atoms with van der Waals surface area (Å²) in [6, 6.07) is 0. The molecule has 1 saturated carbocycles. The van der Waals surface area contributed by atoms with Crippen LogP contribution in [0.5, 0.6) is 0 Å². The molecule has 11 heteroatoms. The highest BCUT2D eigenvalue weighted by Gasteiger charge is 2.40. The quantitative estimate of drug-likeness (QED) is 0.750. The summed E-state index contributed by atoms with van der Waals surface area (Å²) in [7, 11) is 0. The number of hydrogen-bond acceptors (Lipinski definition) is 5. The number of piperazine rings is 1. The van der Waals surface area contributed by atoms with E-state index < -0.39 is 17.3 Å². The third-order valence-electron chi connectivity index (χ3n) is 5.87. The number of carbonyl (C=O) groups is 2. The zero-order valence-corrected chi connectivity index (χ0v) is 16.5. The first kappa shape index (κ1) is 20.7. The van der Waals surface area contributed by atoms with Crippen LogP contribution in [0.1, 0.15) is 42.5 Å². The topological polar surface area (TPSA) is 87.5 Å². The monoisotopic (exact) mass is 427 g/mol. The Morgan fingerprint density at radius 1 is 1.07 bits per heavy atom. The van der Waals surface area contributed by atoms with Gasteiger partial charge in [-0.25, -0.2) is 0 Å². The predicted molar refractivity (Wildman–Crippen MR) is 100 cm³/mol. The van der Waals surface area contributed by atoms with Gasteiger partial charge in [0.25, 0.3) is 5.56 Å². The van der Waals surface area contributed by atoms with E-state index in [4.69, 9.17) is 0 Å². The van der Waals surface area contributed by atoms with E-state index >= 15 is 0 Å². The zero-order valence-electron chi connectivity index (χ0n) is 16.5.